The Hall–Kier alpha value is -0.420. The summed E-state index contributed by atoms with van der Waals surface area (Å²) in [5.74, 6) is 0.233. The third-order valence-electron chi connectivity index (χ3n) is 4.63. The molecular formula is C16H28O4. The minimum absolute atomic E-state index is 0.0398. The summed E-state index contributed by atoms with van der Waals surface area (Å²) in [6.07, 6.45) is 4.40. The van der Waals surface area contributed by atoms with Crippen LogP contribution in [0, 0.1) is 5.92 Å². The summed E-state index contributed by atoms with van der Waals surface area (Å²) in [5, 5.41) is 0. The highest BCUT2D eigenvalue weighted by Gasteiger charge is 2.60. The van der Waals surface area contributed by atoms with Gasteiger partial charge in [-0.05, 0) is 33.6 Å². The lowest BCUT2D eigenvalue weighted by molar-refractivity contribution is -0.145. The predicted octanol–water partition coefficient (Wildman–Crippen LogP) is 2.57. The number of hydrogen-bond acceptors (Lipinski definition) is 4. The first-order valence-electron chi connectivity index (χ1n) is 7.48. The molecule has 20 heavy (non-hydrogen) atoms. The molecule has 1 saturated heterocycles. The average molecular weight is 284 g/mol. The van der Waals surface area contributed by atoms with Crippen molar-refractivity contribution >= 4 is 0 Å². The van der Waals surface area contributed by atoms with Crippen LogP contribution in [0.3, 0.4) is 0 Å². The van der Waals surface area contributed by atoms with Crippen molar-refractivity contribution in [2.45, 2.75) is 57.5 Å². The van der Waals surface area contributed by atoms with Crippen molar-refractivity contribution in [2.24, 2.45) is 5.92 Å². The molecule has 4 nitrogen and oxygen atoms in total. The topological polar surface area (TPSA) is 40.2 Å². The predicted molar refractivity (Wildman–Crippen MR) is 77.8 cm³/mol. The molecule has 1 saturated carbocycles. The maximum absolute atomic E-state index is 6.00. The van der Waals surface area contributed by atoms with Gasteiger partial charge in [-0.1, -0.05) is 11.6 Å². The van der Waals surface area contributed by atoms with E-state index in [0.717, 1.165) is 19.4 Å². The first-order valence-corrected chi connectivity index (χ1v) is 7.48. The maximum atomic E-state index is 6.00. The summed E-state index contributed by atoms with van der Waals surface area (Å²) in [7, 11) is 3.52. The smallest absolute Gasteiger partial charge is 0.0996 e. The van der Waals surface area contributed by atoms with E-state index in [-0.39, 0.29) is 29.8 Å². The molecule has 4 heteroatoms. The number of ether oxygens (including phenoxy) is 4. The fourth-order valence-electron chi connectivity index (χ4n) is 3.39. The summed E-state index contributed by atoms with van der Waals surface area (Å²) in [4.78, 5) is 0. The molecule has 0 bridgehead atoms. The Kier molecular flexibility index (Phi) is 5.24. The Morgan fingerprint density at radius 1 is 1.35 bits per heavy atom. The minimum Gasteiger partial charge on any atom is -0.379 e. The second-order valence-corrected chi connectivity index (χ2v) is 6.21. The third-order valence-corrected chi connectivity index (χ3v) is 4.63. The Labute approximate surface area is 122 Å². The van der Waals surface area contributed by atoms with Crippen LogP contribution in [0.2, 0.25) is 0 Å². The quantitative estimate of drug-likeness (QED) is 0.555. The molecule has 0 aromatic carbocycles. The van der Waals surface area contributed by atoms with Gasteiger partial charge in [0.25, 0.3) is 0 Å². The van der Waals surface area contributed by atoms with Crippen LogP contribution in [0.4, 0.5) is 0 Å². The molecule has 0 aromatic heterocycles. The van der Waals surface area contributed by atoms with Crippen molar-refractivity contribution in [1.29, 1.82) is 0 Å². The van der Waals surface area contributed by atoms with Gasteiger partial charge in [0, 0.05) is 20.1 Å². The van der Waals surface area contributed by atoms with Crippen LogP contribution in [-0.4, -0.2) is 51.3 Å². The number of hydrogen-bond donors (Lipinski definition) is 0. The van der Waals surface area contributed by atoms with Crippen LogP contribution in [-0.2, 0) is 18.9 Å². The first-order chi connectivity index (χ1) is 9.54. The zero-order valence-electron chi connectivity index (χ0n) is 13.3. The largest absolute Gasteiger partial charge is 0.379 e. The van der Waals surface area contributed by atoms with Gasteiger partial charge in [-0.25, -0.2) is 0 Å². The van der Waals surface area contributed by atoms with Gasteiger partial charge in [0.2, 0.25) is 0 Å². The Balaban J connectivity index is 2.05. The van der Waals surface area contributed by atoms with Gasteiger partial charge in [-0.2, -0.15) is 0 Å². The molecule has 1 heterocycles. The lowest BCUT2D eigenvalue weighted by Crippen LogP contribution is -2.53. The highest BCUT2D eigenvalue weighted by molar-refractivity contribution is 5.09. The molecule has 0 N–H and O–H groups in total. The summed E-state index contributed by atoms with van der Waals surface area (Å²) < 4.78 is 23.1. The normalized spacial score (nSPS) is 37.8. The van der Waals surface area contributed by atoms with Gasteiger partial charge in [0.15, 0.2) is 0 Å². The van der Waals surface area contributed by atoms with Gasteiger partial charge < -0.3 is 18.9 Å². The van der Waals surface area contributed by atoms with E-state index < -0.39 is 0 Å². The van der Waals surface area contributed by atoms with Crippen LogP contribution < -0.4 is 0 Å². The Morgan fingerprint density at radius 2 is 2.05 bits per heavy atom. The van der Waals surface area contributed by atoms with Crippen molar-refractivity contribution in [1.82, 2.24) is 0 Å². The highest BCUT2D eigenvalue weighted by Crippen LogP contribution is 2.49. The fourth-order valence-corrected chi connectivity index (χ4v) is 3.39. The van der Waals surface area contributed by atoms with E-state index in [2.05, 4.69) is 26.8 Å². The van der Waals surface area contributed by atoms with E-state index in [1.54, 1.807) is 14.2 Å². The second-order valence-electron chi connectivity index (χ2n) is 6.21. The van der Waals surface area contributed by atoms with Crippen molar-refractivity contribution in [3.05, 3.63) is 11.6 Å². The minimum atomic E-state index is -0.0416. The van der Waals surface area contributed by atoms with Crippen molar-refractivity contribution in [3.63, 3.8) is 0 Å². The van der Waals surface area contributed by atoms with Crippen molar-refractivity contribution in [2.75, 3.05) is 27.4 Å². The molecule has 5 unspecified atom stereocenters. The molecule has 0 aromatic rings. The molecule has 2 fully saturated rings. The van der Waals surface area contributed by atoms with Crippen LogP contribution in [0.5, 0.6) is 0 Å². The molecule has 5 atom stereocenters. The van der Waals surface area contributed by atoms with Gasteiger partial charge in [0.1, 0.15) is 0 Å². The number of methoxy groups -OCH3 is 2. The summed E-state index contributed by atoms with van der Waals surface area (Å²) in [6, 6.07) is 0. The second kappa shape index (κ2) is 6.56. The van der Waals surface area contributed by atoms with E-state index in [1.807, 2.05) is 0 Å². The van der Waals surface area contributed by atoms with Gasteiger partial charge >= 0.3 is 0 Å². The zero-order chi connectivity index (χ0) is 14.8. The van der Waals surface area contributed by atoms with Crippen molar-refractivity contribution < 1.29 is 18.9 Å². The molecule has 1 aliphatic heterocycles. The Morgan fingerprint density at radius 3 is 2.55 bits per heavy atom. The monoisotopic (exact) mass is 284 g/mol. The van der Waals surface area contributed by atoms with Crippen LogP contribution >= 0.6 is 0 Å². The van der Waals surface area contributed by atoms with Crippen molar-refractivity contribution in [3.8, 4) is 0 Å². The SMILES string of the molecule is COC1CCC2(CO2)C(C(C)OCC=C(C)C)C1OC. The molecule has 116 valence electrons. The number of rotatable bonds is 6. The zero-order valence-corrected chi connectivity index (χ0v) is 13.3. The van der Waals surface area contributed by atoms with E-state index in [9.17, 15) is 0 Å². The molecule has 2 rings (SSSR count). The Bertz CT molecular complexity index is 344. The summed E-state index contributed by atoms with van der Waals surface area (Å²) >= 11 is 0. The fraction of sp³-hybridized carbons (Fsp3) is 0.875. The van der Waals surface area contributed by atoms with Crippen LogP contribution in [0.25, 0.3) is 0 Å². The average Bonchev–Trinajstić information content (AvgIpc) is 3.17. The molecule has 0 amide bonds. The van der Waals surface area contributed by atoms with Gasteiger partial charge in [0.05, 0.1) is 37.1 Å². The molecule has 0 radical (unpaired) electrons. The van der Waals surface area contributed by atoms with Crippen LogP contribution in [0.1, 0.15) is 33.6 Å². The number of epoxide rings is 1. The lowest BCUT2D eigenvalue weighted by Gasteiger charge is -2.42. The lowest BCUT2D eigenvalue weighted by atomic mass is 9.73. The molecule has 1 spiro atoms. The maximum Gasteiger partial charge on any atom is 0.0996 e. The molecular weight excluding hydrogens is 256 g/mol. The van der Waals surface area contributed by atoms with Gasteiger partial charge in [-0.3, -0.25) is 0 Å². The molecule has 2 aliphatic rings. The highest BCUT2D eigenvalue weighted by atomic mass is 16.6. The third kappa shape index (κ3) is 3.25. The number of allylic oxidation sites excluding steroid dienone is 1. The van der Waals surface area contributed by atoms with E-state index >= 15 is 0 Å². The molecule has 1 aliphatic carbocycles. The standard InChI is InChI=1S/C16H28O4/c1-11(2)7-9-19-12(3)14-15(18-5)13(17-4)6-8-16(14)10-20-16/h7,12-15H,6,8-10H2,1-5H3. The van der Waals surface area contributed by atoms with E-state index in [4.69, 9.17) is 18.9 Å². The summed E-state index contributed by atoms with van der Waals surface area (Å²) in [6.45, 7) is 7.75. The van der Waals surface area contributed by atoms with Crippen LogP contribution in [0.15, 0.2) is 11.6 Å². The first kappa shape index (κ1) is 16.0. The van der Waals surface area contributed by atoms with E-state index in [0.29, 0.717) is 6.61 Å². The van der Waals surface area contributed by atoms with E-state index in [1.165, 1.54) is 5.57 Å². The summed E-state index contributed by atoms with van der Waals surface area (Å²) in [5.41, 5.74) is 1.23. The van der Waals surface area contributed by atoms with Gasteiger partial charge in [-0.15, -0.1) is 0 Å².